The van der Waals surface area contributed by atoms with Crippen LogP contribution in [0.3, 0.4) is 0 Å². The minimum Gasteiger partial charge on any atom is -0.368 e. The predicted octanol–water partition coefficient (Wildman–Crippen LogP) is 0.705. The van der Waals surface area contributed by atoms with Crippen molar-refractivity contribution >= 4 is 23.4 Å². The van der Waals surface area contributed by atoms with Crippen LogP contribution in [-0.2, 0) is 9.59 Å². The van der Waals surface area contributed by atoms with Gasteiger partial charge in [0.25, 0.3) is 0 Å². The van der Waals surface area contributed by atoms with Gasteiger partial charge in [-0.1, -0.05) is 30.3 Å². The van der Waals surface area contributed by atoms with Gasteiger partial charge in [0.1, 0.15) is 5.38 Å². The van der Waals surface area contributed by atoms with E-state index in [0.29, 0.717) is 6.54 Å². The van der Waals surface area contributed by atoms with E-state index in [4.69, 9.17) is 17.3 Å². The molecule has 0 saturated carbocycles. The maximum absolute atomic E-state index is 11.8. The summed E-state index contributed by atoms with van der Waals surface area (Å²) in [6.07, 6.45) is 0. The van der Waals surface area contributed by atoms with Crippen LogP contribution in [0.2, 0.25) is 0 Å². The van der Waals surface area contributed by atoms with Crippen molar-refractivity contribution in [3.63, 3.8) is 0 Å². The van der Waals surface area contributed by atoms with E-state index in [0.717, 1.165) is 5.56 Å². The van der Waals surface area contributed by atoms with E-state index in [2.05, 4.69) is 0 Å². The zero-order valence-electron chi connectivity index (χ0n) is 9.17. The SMILES string of the molecule is NC(=O)CN1CC(c2ccccc2)C(Cl)C1=O. The fourth-order valence-corrected chi connectivity index (χ4v) is 2.43. The highest BCUT2D eigenvalue weighted by Gasteiger charge is 2.40. The number of nitrogens with zero attached hydrogens (tertiary/aromatic N) is 1. The molecule has 1 aliphatic heterocycles. The van der Waals surface area contributed by atoms with E-state index in [9.17, 15) is 9.59 Å². The molecule has 0 aromatic heterocycles. The van der Waals surface area contributed by atoms with Gasteiger partial charge in [-0.25, -0.2) is 0 Å². The van der Waals surface area contributed by atoms with E-state index < -0.39 is 11.3 Å². The molecule has 1 aromatic carbocycles. The fourth-order valence-electron chi connectivity index (χ4n) is 2.07. The second-order valence-corrected chi connectivity index (χ2v) is 4.57. The first-order valence-electron chi connectivity index (χ1n) is 5.35. The quantitative estimate of drug-likeness (QED) is 0.805. The third kappa shape index (κ3) is 2.42. The Morgan fingerprint density at radius 2 is 2.06 bits per heavy atom. The zero-order chi connectivity index (χ0) is 12.4. The molecule has 2 amide bonds. The molecule has 1 aliphatic rings. The number of carbonyl (C=O) groups excluding carboxylic acids is 2. The molecule has 0 spiro atoms. The number of amides is 2. The Hall–Kier alpha value is -1.55. The van der Waals surface area contributed by atoms with Crippen molar-refractivity contribution in [1.82, 2.24) is 4.90 Å². The average molecular weight is 253 g/mol. The summed E-state index contributed by atoms with van der Waals surface area (Å²) in [5.74, 6) is -0.819. The van der Waals surface area contributed by atoms with Crippen molar-refractivity contribution < 1.29 is 9.59 Å². The number of hydrogen-bond acceptors (Lipinski definition) is 2. The van der Waals surface area contributed by atoms with Gasteiger partial charge >= 0.3 is 0 Å². The molecular formula is C12H13ClN2O2. The Morgan fingerprint density at radius 3 is 2.65 bits per heavy atom. The third-order valence-electron chi connectivity index (χ3n) is 2.89. The highest BCUT2D eigenvalue weighted by atomic mass is 35.5. The first-order valence-corrected chi connectivity index (χ1v) is 5.79. The molecule has 0 radical (unpaired) electrons. The van der Waals surface area contributed by atoms with Crippen molar-refractivity contribution in [1.29, 1.82) is 0 Å². The lowest BCUT2D eigenvalue weighted by Crippen LogP contribution is -2.36. The molecule has 2 atom stereocenters. The predicted molar refractivity (Wildman–Crippen MR) is 64.6 cm³/mol. The highest BCUT2D eigenvalue weighted by molar-refractivity contribution is 6.32. The van der Waals surface area contributed by atoms with Crippen LogP contribution in [0.15, 0.2) is 30.3 Å². The van der Waals surface area contributed by atoms with Crippen molar-refractivity contribution in [2.24, 2.45) is 5.73 Å². The molecule has 2 rings (SSSR count). The largest absolute Gasteiger partial charge is 0.368 e. The van der Waals surface area contributed by atoms with Gasteiger partial charge in [0.2, 0.25) is 11.8 Å². The summed E-state index contributed by atoms with van der Waals surface area (Å²) in [5, 5.41) is -0.614. The zero-order valence-corrected chi connectivity index (χ0v) is 9.93. The monoisotopic (exact) mass is 252 g/mol. The number of nitrogens with two attached hydrogens (primary N) is 1. The number of benzene rings is 1. The normalized spacial score (nSPS) is 24.1. The molecule has 0 aliphatic carbocycles. The Kier molecular flexibility index (Phi) is 3.33. The molecule has 1 aromatic rings. The number of carbonyl (C=O) groups is 2. The van der Waals surface area contributed by atoms with Crippen LogP contribution in [-0.4, -0.2) is 35.2 Å². The summed E-state index contributed by atoms with van der Waals surface area (Å²) >= 11 is 6.10. The van der Waals surface area contributed by atoms with Gasteiger partial charge in [-0.3, -0.25) is 9.59 Å². The Balaban J connectivity index is 2.17. The Bertz CT molecular complexity index is 435. The summed E-state index contributed by atoms with van der Waals surface area (Å²) in [5.41, 5.74) is 6.10. The lowest BCUT2D eigenvalue weighted by molar-refractivity contribution is -0.131. The van der Waals surface area contributed by atoms with E-state index in [1.54, 1.807) is 0 Å². The van der Waals surface area contributed by atoms with Crippen LogP contribution in [0.4, 0.5) is 0 Å². The van der Waals surface area contributed by atoms with Crippen LogP contribution in [0, 0.1) is 0 Å². The van der Waals surface area contributed by atoms with Crippen molar-refractivity contribution in [2.45, 2.75) is 11.3 Å². The number of alkyl halides is 1. The van der Waals surface area contributed by atoms with Gasteiger partial charge in [-0.05, 0) is 5.56 Å². The van der Waals surface area contributed by atoms with Crippen molar-refractivity contribution in [2.75, 3.05) is 13.1 Å². The van der Waals surface area contributed by atoms with Crippen molar-refractivity contribution in [3.8, 4) is 0 Å². The Labute approximate surface area is 104 Å². The van der Waals surface area contributed by atoms with Crippen molar-refractivity contribution in [3.05, 3.63) is 35.9 Å². The van der Waals surface area contributed by atoms with E-state index in [1.807, 2.05) is 30.3 Å². The number of hydrogen-bond donors (Lipinski definition) is 1. The molecule has 1 heterocycles. The van der Waals surface area contributed by atoms with E-state index in [-0.39, 0.29) is 18.4 Å². The lowest BCUT2D eigenvalue weighted by atomic mass is 9.98. The third-order valence-corrected chi connectivity index (χ3v) is 3.38. The van der Waals surface area contributed by atoms with Gasteiger partial charge in [-0.2, -0.15) is 0 Å². The highest BCUT2D eigenvalue weighted by Crippen LogP contribution is 2.31. The van der Waals surface area contributed by atoms with Crippen LogP contribution in [0.5, 0.6) is 0 Å². The summed E-state index contributed by atoms with van der Waals surface area (Å²) in [4.78, 5) is 24.1. The molecule has 0 bridgehead atoms. The molecule has 90 valence electrons. The molecule has 1 fully saturated rings. The Morgan fingerprint density at radius 1 is 1.41 bits per heavy atom. The molecule has 1 saturated heterocycles. The first-order chi connectivity index (χ1) is 8.09. The number of halogens is 1. The minimum atomic E-state index is -0.614. The topological polar surface area (TPSA) is 63.4 Å². The van der Waals surface area contributed by atoms with Gasteiger partial charge in [0.15, 0.2) is 0 Å². The average Bonchev–Trinajstić information content (AvgIpc) is 2.58. The summed E-state index contributed by atoms with van der Waals surface area (Å²) in [6.45, 7) is 0.380. The second-order valence-electron chi connectivity index (χ2n) is 4.10. The van der Waals surface area contributed by atoms with Gasteiger partial charge in [-0.15, -0.1) is 11.6 Å². The number of rotatable bonds is 3. The molecule has 2 N–H and O–H groups in total. The first kappa shape index (κ1) is 11.9. The van der Waals surface area contributed by atoms with Crippen LogP contribution in [0.25, 0.3) is 0 Å². The summed E-state index contributed by atoms with van der Waals surface area (Å²) < 4.78 is 0. The van der Waals surface area contributed by atoms with Crippen LogP contribution < -0.4 is 5.73 Å². The van der Waals surface area contributed by atoms with Gasteiger partial charge in [0.05, 0.1) is 6.54 Å². The minimum absolute atomic E-state index is 0.0641. The lowest BCUT2D eigenvalue weighted by Gasteiger charge is -2.14. The van der Waals surface area contributed by atoms with Gasteiger partial charge in [0, 0.05) is 12.5 Å². The molecule has 5 heteroatoms. The van der Waals surface area contributed by atoms with E-state index in [1.165, 1.54) is 4.90 Å². The van der Waals surface area contributed by atoms with Gasteiger partial charge < -0.3 is 10.6 Å². The molecule has 2 unspecified atom stereocenters. The maximum Gasteiger partial charge on any atom is 0.241 e. The molecular weight excluding hydrogens is 240 g/mol. The van der Waals surface area contributed by atoms with Crippen LogP contribution >= 0.6 is 11.6 Å². The molecule has 17 heavy (non-hydrogen) atoms. The van der Waals surface area contributed by atoms with E-state index >= 15 is 0 Å². The summed E-state index contributed by atoms with van der Waals surface area (Å²) in [6, 6.07) is 9.58. The van der Waals surface area contributed by atoms with Crippen LogP contribution in [0.1, 0.15) is 11.5 Å². The standard InChI is InChI=1S/C12H13ClN2O2/c13-11-9(8-4-2-1-3-5-8)6-15(12(11)17)7-10(14)16/h1-5,9,11H,6-7H2,(H2,14,16). The maximum atomic E-state index is 11.8. The smallest absolute Gasteiger partial charge is 0.241 e. The fraction of sp³-hybridized carbons (Fsp3) is 0.333. The number of likely N-dealkylation sites (tertiary alicyclic amines) is 1. The number of primary amides is 1. The summed E-state index contributed by atoms with van der Waals surface area (Å²) in [7, 11) is 0. The second kappa shape index (κ2) is 4.75. The molecule has 4 nitrogen and oxygen atoms in total.